The highest BCUT2D eigenvalue weighted by Gasteiger charge is 2.18. The second kappa shape index (κ2) is 8.45. The van der Waals surface area contributed by atoms with Gasteiger partial charge in [-0.1, -0.05) is 40.2 Å². The lowest BCUT2D eigenvalue weighted by Gasteiger charge is -2.18. The van der Waals surface area contributed by atoms with Crippen LogP contribution in [0.1, 0.15) is 24.2 Å². The number of benzene rings is 2. The third kappa shape index (κ3) is 4.61. The molecule has 1 N–H and O–H groups in total. The lowest BCUT2D eigenvalue weighted by Crippen LogP contribution is -2.34. The van der Waals surface area contributed by atoms with Crippen molar-refractivity contribution in [1.82, 2.24) is 4.98 Å². The number of Topliss-reactive ketones (excluding diaryl/α,β-unsaturated/α-hetero) is 1. The predicted octanol–water partition coefficient (Wildman–Crippen LogP) is 5.83. The molecule has 0 aliphatic heterocycles. The van der Waals surface area contributed by atoms with E-state index in [0.717, 1.165) is 15.7 Å². The number of anilines is 2. The van der Waals surface area contributed by atoms with Crippen LogP contribution < -0.4 is 10.2 Å². The second-order valence-electron chi connectivity index (χ2n) is 5.83. The molecule has 0 spiro atoms. The maximum atomic E-state index is 12.7. The smallest absolute Gasteiger partial charge is 0.307 e. The molecule has 0 fully saturated rings. The van der Waals surface area contributed by atoms with Crippen LogP contribution in [0.4, 0.5) is 15.6 Å². The number of halogens is 1. The first kappa shape index (κ1) is 19.3. The number of thiazole rings is 1. The van der Waals surface area contributed by atoms with E-state index in [2.05, 4.69) is 26.2 Å². The molecule has 0 bridgehead atoms. The lowest BCUT2D eigenvalue weighted by atomic mass is 10.1. The van der Waals surface area contributed by atoms with Crippen molar-refractivity contribution in [2.24, 2.45) is 0 Å². The maximum absolute atomic E-state index is 12.7. The first-order valence-electron chi connectivity index (χ1n) is 8.39. The summed E-state index contributed by atoms with van der Waals surface area (Å²) in [4.78, 5) is 30.4. The van der Waals surface area contributed by atoms with Gasteiger partial charge in [-0.3, -0.25) is 9.69 Å². The number of urea groups is 1. The minimum absolute atomic E-state index is 0.0440. The molecule has 0 radical (unpaired) electrons. The highest BCUT2D eigenvalue weighted by Crippen LogP contribution is 2.28. The Hall–Kier alpha value is -2.51. The molecule has 3 aromatic rings. The number of hydrogen-bond acceptors (Lipinski definition) is 4. The molecule has 0 saturated carbocycles. The number of nitrogens with one attached hydrogen (secondary N) is 1. The quantitative estimate of drug-likeness (QED) is 0.504. The van der Waals surface area contributed by atoms with Gasteiger partial charge in [0, 0.05) is 33.2 Å². The molecule has 3 rings (SSSR count). The van der Waals surface area contributed by atoms with Crippen LogP contribution in [0.15, 0.2) is 58.4 Å². The summed E-state index contributed by atoms with van der Waals surface area (Å²) in [5.74, 6) is -0.0440. The Bertz CT molecular complexity index is 969. The van der Waals surface area contributed by atoms with Crippen molar-refractivity contribution in [1.29, 1.82) is 0 Å². The molecular formula is C20H18BrN3O2S. The van der Waals surface area contributed by atoms with Crippen molar-refractivity contribution in [3.05, 3.63) is 63.9 Å². The summed E-state index contributed by atoms with van der Waals surface area (Å²) >= 11 is 4.84. The summed E-state index contributed by atoms with van der Waals surface area (Å²) in [6.45, 7) is 3.87. The van der Waals surface area contributed by atoms with Crippen molar-refractivity contribution in [2.45, 2.75) is 13.8 Å². The van der Waals surface area contributed by atoms with Crippen LogP contribution in [0.2, 0.25) is 0 Å². The summed E-state index contributed by atoms with van der Waals surface area (Å²) in [6.07, 6.45) is 0. The van der Waals surface area contributed by atoms with Crippen molar-refractivity contribution >= 4 is 49.9 Å². The number of hydrogen-bond donors (Lipinski definition) is 1. The van der Waals surface area contributed by atoms with Gasteiger partial charge in [-0.25, -0.2) is 9.78 Å². The van der Waals surface area contributed by atoms with Gasteiger partial charge >= 0.3 is 6.03 Å². The number of aromatic nitrogens is 1. The summed E-state index contributed by atoms with van der Waals surface area (Å²) in [6, 6.07) is 14.5. The highest BCUT2D eigenvalue weighted by molar-refractivity contribution is 9.10. The first-order chi connectivity index (χ1) is 13.0. The van der Waals surface area contributed by atoms with Crippen molar-refractivity contribution < 1.29 is 9.59 Å². The van der Waals surface area contributed by atoms with E-state index in [1.54, 1.807) is 29.2 Å². The number of amides is 2. The summed E-state index contributed by atoms with van der Waals surface area (Å²) in [5.41, 5.74) is 2.96. The van der Waals surface area contributed by atoms with E-state index in [-0.39, 0.29) is 11.8 Å². The van der Waals surface area contributed by atoms with Gasteiger partial charge in [-0.15, -0.1) is 11.3 Å². The zero-order valence-electron chi connectivity index (χ0n) is 14.9. The normalized spacial score (nSPS) is 10.5. The second-order valence-corrected chi connectivity index (χ2v) is 7.59. The fourth-order valence-electron chi connectivity index (χ4n) is 2.51. The van der Waals surface area contributed by atoms with Crippen LogP contribution in [-0.2, 0) is 0 Å². The van der Waals surface area contributed by atoms with Crippen LogP contribution >= 0.6 is 27.3 Å². The average Bonchev–Trinajstić information content (AvgIpc) is 3.13. The number of carbonyl (C=O) groups is 2. The van der Waals surface area contributed by atoms with E-state index in [9.17, 15) is 9.59 Å². The molecule has 1 heterocycles. The van der Waals surface area contributed by atoms with Gasteiger partial charge in [0.25, 0.3) is 0 Å². The Morgan fingerprint density at radius 1 is 1.19 bits per heavy atom. The largest absolute Gasteiger partial charge is 0.328 e. The van der Waals surface area contributed by atoms with Gasteiger partial charge in [0.05, 0.1) is 5.69 Å². The van der Waals surface area contributed by atoms with E-state index < -0.39 is 0 Å². The van der Waals surface area contributed by atoms with Crippen molar-refractivity contribution in [2.75, 3.05) is 16.8 Å². The van der Waals surface area contributed by atoms with E-state index in [0.29, 0.717) is 22.9 Å². The van der Waals surface area contributed by atoms with Crippen LogP contribution in [0.3, 0.4) is 0 Å². The summed E-state index contributed by atoms with van der Waals surface area (Å²) < 4.78 is 1.00. The molecule has 2 aromatic carbocycles. The number of carbonyl (C=O) groups excluding carboxylic acids is 2. The monoisotopic (exact) mass is 443 g/mol. The van der Waals surface area contributed by atoms with E-state index in [4.69, 9.17) is 0 Å². The summed E-state index contributed by atoms with van der Waals surface area (Å²) in [7, 11) is 0. The first-order valence-corrected chi connectivity index (χ1v) is 10.1. The standard InChI is InChI=1S/C20H18BrN3O2S/c1-3-24(19(26)22-17-6-4-5-15(11-17)13(2)25)20-23-18(12-27-20)14-7-9-16(21)10-8-14/h4-12H,3H2,1-2H3,(H,22,26). The molecule has 27 heavy (non-hydrogen) atoms. The van der Waals surface area contributed by atoms with Crippen LogP contribution in [0.5, 0.6) is 0 Å². The van der Waals surface area contributed by atoms with E-state index in [1.807, 2.05) is 36.6 Å². The highest BCUT2D eigenvalue weighted by atomic mass is 79.9. The topological polar surface area (TPSA) is 62.3 Å². The van der Waals surface area contributed by atoms with Crippen LogP contribution in [0, 0.1) is 0 Å². The molecule has 2 amide bonds. The van der Waals surface area contributed by atoms with Gasteiger partial charge < -0.3 is 5.32 Å². The Labute approximate surface area is 170 Å². The van der Waals surface area contributed by atoms with Gasteiger partial charge in [-0.05, 0) is 38.1 Å². The Kier molecular flexibility index (Phi) is 6.03. The minimum atomic E-state index is -0.282. The van der Waals surface area contributed by atoms with Gasteiger partial charge in [-0.2, -0.15) is 0 Å². The molecule has 0 aliphatic rings. The molecule has 5 nitrogen and oxygen atoms in total. The SMILES string of the molecule is CCN(C(=O)Nc1cccc(C(C)=O)c1)c1nc(-c2ccc(Br)cc2)cs1. The zero-order valence-corrected chi connectivity index (χ0v) is 17.3. The zero-order chi connectivity index (χ0) is 19.4. The Morgan fingerprint density at radius 2 is 1.93 bits per heavy atom. The minimum Gasteiger partial charge on any atom is -0.307 e. The number of rotatable bonds is 5. The molecule has 0 atom stereocenters. The van der Waals surface area contributed by atoms with Crippen LogP contribution in [-0.4, -0.2) is 23.3 Å². The molecule has 138 valence electrons. The molecule has 1 aromatic heterocycles. The Balaban J connectivity index is 1.78. The fraction of sp³-hybridized carbons (Fsp3) is 0.150. The lowest BCUT2D eigenvalue weighted by molar-refractivity contribution is 0.101. The summed E-state index contributed by atoms with van der Waals surface area (Å²) in [5, 5.41) is 5.39. The number of nitrogens with zero attached hydrogens (tertiary/aromatic N) is 2. The van der Waals surface area contributed by atoms with Gasteiger partial charge in [0.2, 0.25) is 0 Å². The third-order valence-electron chi connectivity index (χ3n) is 3.94. The third-order valence-corrected chi connectivity index (χ3v) is 5.34. The van der Waals surface area contributed by atoms with E-state index >= 15 is 0 Å². The van der Waals surface area contributed by atoms with Gasteiger partial charge in [0.15, 0.2) is 10.9 Å². The van der Waals surface area contributed by atoms with Gasteiger partial charge in [0.1, 0.15) is 0 Å². The fourth-order valence-corrected chi connectivity index (χ4v) is 3.67. The number of ketones is 1. The molecule has 0 unspecified atom stereocenters. The average molecular weight is 444 g/mol. The Morgan fingerprint density at radius 3 is 2.59 bits per heavy atom. The molecule has 0 saturated heterocycles. The molecular weight excluding hydrogens is 426 g/mol. The molecule has 0 aliphatic carbocycles. The molecule has 7 heteroatoms. The van der Waals surface area contributed by atoms with Crippen LogP contribution in [0.25, 0.3) is 11.3 Å². The maximum Gasteiger partial charge on any atom is 0.328 e. The predicted molar refractivity (Wildman–Crippen MR) is 114 cm³/mol. The van der Waals surface area contributed by atoms with E-state index in [1.165, 1.54) is 18.3 Å². The van der Waals surface area contributed by atoms with Crippen molar-refractivity contribution in [3.63, 3.8) is 0 Å². The van der Waals surface area contributed by atoms with Crippen molar-refractivity contribution in [3.8, 4) is 11.3 Å².